The summed E-state index contributed by atoms with van der Waals surface area (Å²) in [5.41, 5.74) is 23.2. The molecule has 4 heteroatoms. The van der Waals surface area contributed by atoms with E-state index < -0.39 is 5.41 Å². The maximum atomic E-state index is 6.57. The van der Waals surface area contributed by atoms with Crippen LogP contribution in [0.1, 0.15) is 51.8 Å². The van der Waals surface area contributed by atoms with Gasteiger partial charge < -0.3 is 10.6 Å². The van der Waals surface area contributed by atoms with E-state index in [1.807, 2.05) is 60.7 Å². The van der Waals surface area contributed by atoms with Crippen LogP contribution in [-0.4, -0.2) is 11.7 Å². The molecule has 1 atom stereocenters. The molecule has 0 heterocycles. The number of fused-ring (bicyclic) bond motifs is 9. The van der Waals surface area contributed by atoms with Gasteiger partial charge in [0, 0.05) is 28.2 Å². The second kappa shape index (κ2) is 14.0. The van der Waals surface area contributed by atoms with Crippen LogP contribution in [0.2, 0.25) is 0 Å². The first-order valence-corrected chi connectivity index (χ1v) is 19.4. The zero-order valence-electron chi connectivity index (χ0n) is 31.0. The lowest BCUT2D eigenvalue weighted by Gasteiger charge is -2.34. The van der Waals surface area contributed by atoms with Crippen LogP contribution >= 0.6 is 0 Å². The van der Waals surface area contributed by atoms with E-state index in [9.17, 15) is 0 Å². The van der Waals surface area contributed by atoms with E-state index in [2.05, 4.69) is 138 Å². The Kier molecular flexibility index (Phi) is 8.37. The monoisotopic (exact) mass is 720 g/mol. The molecule has 1 spiro atoms. The van der Waals surface area contributed by atoms with Crippen LogP contribution in [0.25, 0.3) is 16.7 Å². The number of anilines is 3. The number of amidine groups is 2. The van der Waals surface area contributed by atoms with Crippen molar-refractivity contribution in [3.63, 3.8) is 0 Å². The van der Waals surface area contributed by atoms with E-state index in [0.29, 0.717) is 18.2 Å². The van der Waals surface area contributed by atoms with E-state index in [1.54, 1.807) is 0 Å². The first-order chi connectivity index (χ1) is 27.7. The van der Waals surface area contributed by atoms with Gasteiger partial charge in [0.2, 0.25) is 0 Å². The van der Waals surface area contributed by atoms with Crippen molar-refractivity contribution >= 4 is 34.3 Å². The van der Waals surface area contributed by atoms with Crippen LogP contribution in [-0.2, 0) is 12.0 Å². The quantitative estimate of drug-likeness (QED) is 0.132. The third-order valence-corrected chi connectivity index (χ3v) is 11.5. The standard InChI is InChI=1S/C52H40N4/c53-50(37-17-5-1-6-18-37)55-51(38-19-7-2-8-20-38)54-35-36-29-31-44-42-25-13-15-27-46(42)52(48(44)33-36)47-28-16-14-26-43(47)45-32-30-41(34-49(45)52)56(39-21-9-3-10-22-39)40-23-11-4-12-24-40/h1-14,16-26,28-34H,15,27,35H2,(H2,53,54,55). The normalized spacial score (nSPS) is 16.7. The fourth-order valence-corrected chi connectivity index (χ4v) is 9.06. The summed E-state index contributed by atoms with van der Waals surface area (Å²) in [6.07, 6.45) is 6.72. The van der Waals surface area contributed by atoms with Gasteiger partial charge in [-0.2, -0.15) is 0 Å². The number of benzene rings is 7. The largest absolute Gasteiger partial charge is 0.383 e. The highest BCUT2D eigenvalue weighted by Crippen LogP contribution is 2.64. The SMILES string of the molecule is N/C(=N\C(=N/Cc1ccc2c(c1)C1(C3=C2C=CCC3)c2ccccc2-c2ccc(N(c3ccccc3)c3ccccc3)cc21)c1ccccc1)c1ccccc1. The summed E-state index contributed by atoms with van der Waals surface area (Å²) < 4.78 is 0. The van der Waals surface area contributed by atoms with Crippen LogP contribution in [0.4, 0.5) is 17.1 Å². The first-order valence-electron chi connectivity index (χ1n) is 19.4. The maximum Gasteiger partial charge on any atom is 0.157 e. The number of rotatable bonds is 7. The van der Waals surface area contributed by atoms with Crippen LogP contribution < -0.4 is 10.6 Å². The van der Waals surface area contributed by atoms with Crippen molar-refractivity contribution in [2.75, 3.05) is 4.90 Å². The number of hydrogen-bond acceptors (Lipinski definition) is 2. The molecule has 2 N–H and O–H groups in total. The van der Waals surface area contributed by atoms with Crippen molar-refractivity contribution in [3.8, 4) is 11.1 Å². The molecular formula is C52H40N4. The van der Waals surface area contributed by atoms with Gasteiger partial charge in [-0.15, -0.1) is 0 Å². The summed E-state index contributed by atoms with van der Waals surface area (Å²) in [6.45, 7) is 0.462. The lowest BCUT2D eigenvalue weighted by Crippen LogP contribution is -2.28. The molecule has 7 aromatic rings. The molecule has 0 saturated carbocycles. The number of nitrogens with two attached hydrogens (primary N) is 1. The topological polar surface area (TPSA) is 54.0 Å². The number of hydrogen-bond donors (Lipinski definition) is 1. The van der Waals surface area contributed by atoms with Gasteiger partial charge in [0.25, 0.3) is 0 Å². The molecule has 56 heavy (non-hydrogen) atoms. The Labute approximate surface area is 328 Å². The van der Waals surface area contributed by atoms with E-state index in [1.165, 1.54) is 44.5 Å². The number of nitrogens with zero attached hydrogens (tertiary/aromatic N) is 3. The number of para-hydroxylation sites is 2. The molecule has 3 aliphatic carbocycles. The van der Waals surface area contributed by atoms with Crippen LogP contribution in [0.3, 0.4) is 0 Å². The second-order valence-corrected chi connectivity index (χ2v) is 14.6. The predicted molar refractivity (Wildman–Crippen MR) is 232 cm³/mol. The molecule has 0 bridgehead atoms. The first kappa shape index (κ1) is 33.5. The lowest BCUT2D eigenvalue weighted by atomic mass is 9.68. The molecule has 268 valence electrons. The minimum absolute atomic E-state index is 0.436. The highest BCUT2D eigenvalue weighted by Gasteiger charge is 2.52. The smallest absolute Gasteiger partial charge is 0.157 e. The Morgan fingerprint density at radius 2 is 1.14 bits per heavy atom. The average Bonchev–Trinajstić information content (AvgIpc) is 3.73. The molecule has 10 rings (SSSR count). The summed E-state index contributed by atoms with van der Waals surface area (Å²) in [4.78, 5) is 12.4. The van der Waals surface area contributed by atoms with Gasteiger partial charge >= 0.3 is 0 Å². The van der Waals surface area contributed by atoms with Gasteiger partial charge in [-0.1, -0.05) is 158 Å². The molecular weight excluding hydrogens is 681 g/mol. The Bertz CT molecular complexity index is 2670. The molecule has 0 amide bonds. The van der Waals surface area contributed by atoms with E-state index in [4.69, 9.17) is 15.7 Å². The van der Waals surface area contributed by atoms with Gasteiger partial charge in [0.1, 0.15) is 5.84 Å². The minimum Gasteiger partial charge on any atom is -0.383 e. The Morgan fingerprint density at radius 3 is 1.86 bits per heavy atom. The van der Waals surface area contributed by atoms with Crippen molar-refractivity contribution in [2.45, 2.75) is 24.8 Å². The summed E-state index contributed by atoms with van der Waals surface area (Å²) in [5, 5.41) is 0. The zero-order chi connectivity index (χ0) is 37.5. The maximum absolute atomic E-state index is 6.57. The number of aliphatic imine (C=N–C) groups is 2. The third-order valence-electron chi connectivity index (χ3n) is 11.5. The fraction of sp³-hybridized carbons (Fsp3) is 0.0769. The van der Waals surface area contributed by atoms with Gasteiger partial charge in [-0.3, -0.25) is 4.99 Å². The van der Waals surface area contributed by atoms with Gasteiger partial charge in [-0.25, -0.2) is 4.99 Å². The number of allylic oxidation sites excluding steroid dienone is 4. The Balaban J connectivity index is 1.15. The van der Waals surface area contributed by atoms with Gasteiger partial charge in [-0.05, 0) is 99.3 Å². The Hall–Kier alpha value is -7.04. The van der Waals surface area contributed by atoms with Crippen molar-refractivity contribution < 1.29 is 0 Å². The summed E-state index contributed by atoms with van der Waals surface area (Å²) in [7, 11) is 0. The third kappa shape index (κ3) is 5.53. The second-order valence-electron chi connectivity index (χ2n) is 14.6. The minimum atomic E-state index is -0.436. The van der Waals surface area contributed by atoms with Crippen LogP contribution in [0, 0.1) is 0 Å². The Morgan fingerprint density at radius 1 is 0.554 bits per heavy atom. The molecule has 0 radical (unpaired) electrons. The molecule has 0 aromatic heterocycles. The highest BCUT2D eigenvalue weighted by molar-refractivity contribution is 6.11. The molecule has 3 aliphatic rings. The van der Waals surface area contributed by atoms with Crippen LogP contribution in [0.15, 0.2) is 210 Å². The van der Waals surface area contributed by atoms with E-state index in [0.717, 1.165) is 46.6 Å². The van der Waals surface area contributed by atoms with Gasteiger partial charge in [0.15, 0.2) is 5.84 Å². The summed E-state index contributed by atoms with van der Waals surface area (Å²) in [5.74, 6) is 1.06. The lowest BCUT2D eigenvalue weighted by molar-refractivity contribution is 0.713. The predicted octanol–water partition coefficient (Wildman–Crippen LogP) is 11.9. The molecule has 1 unspecified atom stereocenters. The molecule has 0 aliphatic heterocycles. The van der Waals surface area contributed by atoms with Gasteiger partial charge in [0.05, 0.1) is 12.0 Å². The van der Waals surface area contributed by atoms with Crippen molar-refractivity contribution in [1.29, 1.82) is 0 Å². The van der Waals surface area contributed by atoms with E-state index >= 15 is 0 Å². The molecule has 4 nitrogen and oxygen atoms in total. The zero-order valence-corrected chi connectivity index (χ0v) is 31.0. The van der Waals surface area contributed by atoms with Crippen molar-refractivity contribution in [3.05, 3.63) is 239 Å². The average molecular weight is 721 g/mol. The summed E-state index contributed by atoms with van der Waals surface area (Å²) >= 11 is 0. The summed E-state index contributed by atoms with van der Waals surface area (Å²) in [6, 6.07) is 64.5. The molecule has 0 saturated heterocycles. The van der Waals surface area contributed by atoms with Crippen molar-refractivity contribution in [1.82, 2.24) is 0 Å². The van der Waals surface area contributed by atoms with E-state index in [-0.39, 0.29) is 0 Å². The fourth-order valence-electron chi connectivity index (χ4n) is 9.06. The molecule has 7 aromatic carbocycles. The van der Waals surface area contributed by atoms with Crippen LogP contribution in [0.5, 0.6) is 0 Å². The van der Waals surface area contributed by atoms with Crippen molar-refractivity contribution in [2.24, 2.45) is 15.7 Å². The highest BCUT2D eigenvalue weighted by atomic mass is 15.1. The molecule has 0 fully saturated rings.